The summed E-state index contributed by atoms with van der Waals surface area (Å²) in [6, 6.07) is 7.97. The lowest BCUT2D eigenvalue weighted by Gasteiger charge is -2.23. The number of nitrogens with one attached hydrogen (secondary N) is 2. The first-order valence-corrected chi connectivity index (χ1v) is 6.29. The number of para-hydroxylation sites is 1. The van der Waals surface area contributed by atoms with E-state index in [9.17, 15) is 4.79 Å². The van der Waals surface area contributed by atoms with Crippen LogP contribution in [0.3, 0.4) is 0 Å². The number of hydrogen-bond acceptors (Lipinski definition) is 2. The van der Waals surface area contributed by atoms with Crippen LogP contribution in [0.1, 0.15) is 23.2 Å². The van der Waals surface area contributed by atoms with Crippen LogP contribution in [0, 0.1) is 0 Å². The number of fused-ring (bicyclic) bond motifs is 1. The van der Waals surface area contributed by atoms with Gasteiger partial charge in [-0.15, -0.1) is 0 Å². The molecule has 1 aliphatic heterocycles. The zero-order valence-electron chi connectivity index (χ0n) is 10.1. The Labute approximate surface area is 105 Å². The zero-order chi connectivity index (χ0) is 12.4. The number of H-pyrrole nitrogens is 1. The standard InChI is InChI=1S/C14H16N2O2/c17-14(16-11-5-8-18-9-6-11)12-3-1-2-10-4-7-15-13(10)12/h1-4,7,11,15H,5-6,8-9H2,(H,16,17). The highest BCUT2D eigenvalue weighted by molar-refractivity contribution is 6.05. The Morgan fingerprint density at radius 2 is 2.11 bits per heavy atom. The fraction of sp³-hybridized carbons (Fsp3) is 0.357. The average Bonchev–Trinajstić information content (AvgIpc) is 2.87. The molecule has 1 fully saturated rings. The summed E-state index contributed by atoms with van der Waals surface area (Å²) in [5.74, 6) is -0.00468. The highest BCUT2D eigenvalue weighted by Crippen LogP contribution is 2.17. The van der Waals surface area contributed by atoms with Gasteiger partial charge in [0.25, 0.3) is 5.91 Å². The van der Waals surface area contributed by atoms with Gasteiger partial charge < -0.3 is 15.0 Å². The van der Waals surface area contributed by atoms with Gasteiger partial charge in [-0.2, -0.15) is 0 Å². The van der Waals surface area contributed by atoms with Gasteiger partial charge in [0, 0.05) is 30.8 Å². The molecule has 1 aromatic heterocycles. The lowest BCUT2D eigenvalue weighted by Crippen LogP contribution is -2.38. The van der Waals surface area contributed by atoms with Gasteiger partial charge in [0.2, 0.25) is 0 Å². The molecule has 0 bridgehead atoms. The summed E-state index contributed by atoms with van der Waals surface area (Å²) in [5.41, 5.74) is 1.62. The number of benzene rings is 1. The summed E-state index contributed by atoms with van der Waals surface area (Å²) < 4.78 is 5.29. The summed E-state index contributed by atoms with van der Waals surface area (Å²) in [6.07, 6.45) is 3.65. The summed E-state index contributed by atoms with van der Waals surface area (Å²) in [4.78, 5) is 15.4. The van der Waals surface area contributed by atoms with E-state index >= 15 is 0 Å². The third-order valence-electron chi connectivity index (χ3n) is 3.39. The Morgan fingerprint density at radius 1 is 1.28 bits per heavy atom. The molecule has 2 heterocycles. The number of carbonyl (C=O) groups excluding carboxylic acids is 1. The molecule has 1 amide bonds. The van der Waals surface area contributed by atoms with Gasteiger partial charge >= 0.3 is 0 Å². The fourth-order valence-corrected chi connectivity index (χ4v) is 2.38. The Bertz CT molecular complexity index is 556. The second-order valence-corrected chi connectivity index (χ2v) is 4.61. The molecule has 0 aliphatic carbocycles. The third-order valence-corrected chi connectivity index (χ3v) is 3.39. The molecular formula is C14H16N2O2. The highest BCUT2D eigenvalue weighted by atomic mass is 16.5. The first-order chi connectivity index (χ1) is 8.84. The summed E-state index contributed by atoms with van der Waals surface area (Å²) in [5, 5.41) is 4.14. The molecule has 3 rings (SSSR count). The van der Waals surface area contributed by atoms with Crippen LogP contribution in [-0.4, -0.2) is 30.1 Å². The lowest BCUT2D eigenvalue weighted by atomic mass is 10.1. The molecule has 0 unspecified atom stereocenters. The Kier molecular flexibility index (Phi) is 3.02. The van der Waals surface area contributed by atoms with Gasteiger partial charge in [-0.1, -0.05) is 12.1 Å². The molecule has 0 saturated carbocycles. The molecule has 0 atom stereocenters. The number of carbonyl (C=O) groups is 1. The topological polar surface area (TPSA) is 54.1 Å². The van der Waals surface area contributed by atoms with Crippen molar-refractivity contribution in [2.75, 3.05) is 13.2 Å². The molecule has 4 heteroatoms. The number of rotatable bonds is 2. The summed E-state index contributed by atoms with van der Waals surface area (Å²) >= 11 is 0. The zero-order valence-corrected chi connectivity index (χ0v) is 10.1. The molecule has 1 aliphatic rings. The van der Waals surface area contributed by atoms with Crippen molar-refractivity contribution in [2.24, 2.45) is 0 Å². The van der Waals surface area contributed by atoms with Crippen LogP contribution in [0.2, 0.25) is 0 Å². The molecule has 0 radical (unpaired) electrons. The molecule has 94 valence electrons. The Morgan fingerprint density at radius 3 is 2.94 bits per heavy atom. The monoisotopic (exact) mass is 244 g/mol. The van der Waals surface area contributed by atoms with Gasteiger partial charge in [0.1, 0.15) is 0 Å². The van der Waals surface area contributed by atoms with Crippen LogP contribution < -0.4 is 5.32 Å². The van der Waals surface area contributed by atoms with Crippen molar-refractivity contribution in [3.8, 4) is 0 Å². The minimum Gasteiger partial charge on any atom is -0.381 e. The van der Waals surface area contributed by atoms with E-state index in [1.165, 1.54) is 0 Å². The van der Waals surface area contributed by atoms with Crippen molar-refractivity contribution in [1.29, 1.82) is 0 Å². The normalized spacial score (nSPS) is 16.9. The van der Waals surface area contributed by atoms with Crippen molar-refractivity contribution in [3.05, 3.63) is 36.0 Å². The molecule has 4 nitrogen and oxygen atoms in total. The summed E-state index contributed by atoms with van der Waals surface area (Å²) in [7, 11) is 0. The van der Waals surface area contributed by atoms with E-state index in [4.69, 9.17) is 4.74 Å². The Hall–Kier alpha value is -1.81. The van der Waals surface area contributed by atoms with Crippen molar-refractivity contribution in [2.45, 2.75) is 18.9 Å². The van der Waals surface area contributed by atoms with Crippen LogP contribution in [0.15, 0.2) is 30.5 Å². The van der Waals surface area contributed by atoms with E-state index in [0.29, 0.717) is 5.56 Å². The highest BCUT2D eigenvalue weighted by Gasteiger charge is 2.18. The molecule has 18 heavy (non-hydrogen) atoms. The van der Waals surface area contributed by atoms with Crippen LogP contribution in [-0.2, 0) is 4.74 Å². The van der Waals surface area contributed by atoms with Crippen molar-refractivity contribution >= 4 is 16.8 Å². The maximum absolute atomic E-state index is 12.3. The van der Waals surface area contributed by atoms with E-state index in [1.54, 1.807) is 0 Å². The van der Waals surface area contributed by atoms with Crippen LogP contribution in [0.4, 0.5) is 0 Å². The molecule has 1 aromatic carbocycles. The van der Waals surface area contributed by atoms with E-state index in [0.717, 1.165) is 37.0 Å². The van der Waals surface area contributed by atoms with Gasteiger partial charge in [-0.25, -0.2) is 0 Å². The van der Waals surface area contributed by atoms with Gasteiger partial charge in [0.15, 0.2) is 0 Å². The number of aromatic amines is 1. The maximum Gasteiger partial charge on any atom is 0.253 e. The van der Waals surface area contributed by atoms with E-state index in [2.05, 4.69) is 10.3 Å². The second-order valence-electron chi connectivity index (χ2n) is 4.61. The smallest absolute Gasteiger partial charge is 0.253 e. The second kappa shape index (κ2) is 4.82. The molecule has 2 N–H and O–H groups in total. The molecular weight excluding hydrogens is 228 g/mol. The molecule has 1 saturated heterocycles. The van der Waals surface area contributed by atoms with Crippen molar-refractivity contribution in [1.82, 2.24) is 10.3 Å². The van der Waals surface area contributed by atoms with Crippen LogP contribution in [0.5, 0.6) is 0 Å². The number of ether oxygens (including phenoxy) is 1. The van der Waals surface area contributed by atoms with Gasteiger partial charge in [-0.05, 0) is 25.0 Å². The number of amides is 1. The third kappa shape index (κ3) is 2.11. The van der Waals surface area contributed by atoms with Crippen molar-refractivity contribution in [3.63, 3.8) is 0 Å². The SMILES string of the molecule is O=C(NC1CCOCC1)c1cccc2cc[nH]c12. The fourth-order valence-electron chi connectivity index (χ4n) is 2.38. The molecule has 2 aromatic rings. The maximum atomic E-state index is 12.3. The molecule has 0 spiro atoms. The van der Waals surface area contributed by atoms with Gasteiger partial charge in [-0.3, -0.25) is 4.79 Å². The largest absolute Gasteiger partial charge is 0.381 e. The lowest BCUT2D eigenvalue weighted by molar-refractivity contribution is 0.0697. The van der Waals surface area contributed by atoms with Crippen LogP contribution >= 0.6 is 0 Å². The quantitative estimate of drug-likeness (QED) is 0.849. The Balaban J connectivity index is 1.81. The first kappa shape index (κ1) is 11.3. The van der Waals surface area contributed by atoms with E-state index in [1.807, 2.05) is 30.5 Å². The first-order valence-electron chi connectivity index (χ1n) is 6.29. The van der Waals surface area contributed by atoms with E-state index < -0.39 is 0 Å². The average molecular weight is 244 g/mol. The minimum atomic E-state index is -0.00468. The predicted molar refractivity (Wildman–Crippen MR) is 69.6 cm³/mol. The van der Waals surface area contributed by atoms with E-state index in [-0.39, 0.29) is 11.9 Å². The number of hydrogen-bond donors (Lipinski definition) is 2. The summed E-state index contributed by atoms with van der Waals surface area (Å²) in [6.45, 7) is 1.47. The number of aromatic nitrogens is 1. The van der Waals surface area contributed by atoms with Crippen LogP contribution in [0.25, 0.3) is 10.9 Å². The minimum absolute atomic E-state index is 0.00468. The van der Waals surface area contributed by atoms with Gasteiger partial charge in [0.05, 0.1) is 11.1 Å². The van der Waals surface area contributed by atoms with Crippen molar-refractivity contribution < 1.29 is 9.53 Å². The predicted octanol–water partition coefficient (Wildman–Crippen LogP) is 2.08.